The van der Waals surface area contributed by atoms with Crippen LogP contribution >= 0.6 is 0 Å². The summed E-state index contributed by atoms with van der Waals surface area (Å²) in [6, 6.07) is 17.6. The van der Waals surface area contributed by atoms with Crippen molar-refractivity contribution >= 4 is 17.5 Å². The zero-order chi connectivity index (χ0) is 22.0. The van der Waals surface area contributed by atoms with Gasteiger partial charge in [-0.25, -0.2) is 4.39 Å². The molecule has 2 heterocycles. The van der Waals surface area contributed by atoms with E-state index in [-0.39, 0.29) is 23.5 Å². The number of carbonyl (C=O) groups is 2. The molecule has 5 nitrogen and oxygen atoms in total. The average Bonchev–Trinajstić information content (AvgIpc) is 3.08. The maximum atomic E-state index is 13.3. The Morgan fingerprint density at radius 1 is 0.968 bits per heavy atom. The maximum absolute atomic E-state index is 13.3. The Hall–Kier alpha value is -3.41. The molecule has 6 heteroatoms. The van der Waals surface area contributed by atoms with Gasteiger partial charge in [0.15, 0.2) is 0 Å². The second-order valence-corrected chi connectivity index (χ2v) is 8.02. The minimum Gasteiger partial charge on any atom is -0.339 e. The van der Waals surface area contributed by atoms with Crippen molar-refractivity contribution in [2.24, 2.45) is 5.92 Å². The molecule has 31 heavy (non-hydrogen) atoms. The van der Waals surface area contributed by atoms with Gasteiger partial charge in [0.1, 0.15) is 5.82 Å². The van der Waals surface area contributed by atoms with Gasteiger partial charge in [-0.3, -0.25) is 9.59 Å². The molecule has 0 atom stereocenters. The van der Waals surface area contributed by atoms with Crippen LogP contribution in [-0.4, -0.2) is 34.4 Å². The Bertz CT molecular complexity index is 1080. The molecule has 1 fully saturated rings. The van der Waals surface area contributed by atoms with Gasteiger partial charge in [-0.2, -0.15) is 0 Å². The van der Waals surface area contributed by atoms with Crippen molar-refractivity contribution in [2.75, 3.05) is 18.4 Å². The lowest BCUT2D eigenvalue weighted by Crippen LogP contribution is -2.41. The molecule has 2 amide bonds. The van der Waals surface area contributed by atoms with Crippen LogP contribution in [-0.2, 0) is 4.79 Å². The molecule has 4 rings (SSSR count). The van der Waals surface area contributed by atoms with E-state index < -0.39 is 0 Å². The van der Waals surface area contributed by atoms with Gasteiger partial charge in [0.2, 0.25) is 5.91 Å². The third-order valence-electron chi connectivity index (χ3n) is 5.94. The quantitative estimate of drug-likeness (QED) is 0.665. The van der Waals surface area contributed by atoms with Crippen molar-refractivity contribution < 1.29 is 14.0 Å². The van der Waals surface area contributed by atoms with Gasteiger partial charge in [0.05, 0.1) is 5.56 Å². The predicted molar refractivity (Wildman–Crippen MR) is 119 cm³/mol. The Labute approximate surface area is 181 Å². The molecule has 1 N–H and O–H groups in total. The summed E-state index contributed by atoms with van der Waals surface area (Å²) in [5.41, 5.74) is 4.02. The molecular weight excluding hydrogens is 393 g/mol. The molecule has 0 spiro atoms. The summed E-state index contributed by atoms with van der Waals surface area (Å²) in [7, 11) is 0. The number of para-hydroxylation sites is 1. The number of nitrogens with one attached hydrogen (secondary N) is 1. The van der Waals surface area contributed by atoms with Crippen LogP contribution in [0.4, 0.5) is 10.1 Å². The van der Waals surface area contributed by atoms with E-state index in [1.807, 2.05) is 59.7 Å². The molecule has 1 aliphatic rings. The van der Waals surface area contributed by atoms with Crippen molar-refractivity contribution in [1.82, 2.24) is 9.47 Å². The van der Waals surface area contributed by atoms with Gasteiger partial charge >= 0.3 is 0 Å². The number of aryl methyl sites for hydroxylation is 1. The van der Waals surface area contributed by atoms with E-state index in [1.54, 1.807) is 12.1 Å². The number of piperidine rings is 1. The topological polar surface area (TPSA) is 54.3 Å². The molecule has 0 bridgehead atoms. The lowest BCUT2D eigenvalue weighted by molar-refractivity contribution is -0.121. The number of anilines is 1. The third-order valence-corrected chi connectivity index (χ3v) is 5.94. The second-order valence-electron chi connectivity index (χ2n) is 8.02. The van der Waals surface area contributed by atoms with Crippen LogP contribution in [0.25, 0.3) is 5.69 Å². The van der Waals surface area contributed by atoms with Crippen molar-refractivity contribution in [3.63, 3.8) is 0 Å². The molecular formula is C25H26FN3O2. The summed E-state index contributed by atoms with van der Waals surface area (Å²) in [5.74, 6) is -0.409. The molecule has 160 valence electrons. The number of hydrogen-bond donors (Lipinski definition) is 1. The number of aromatic nitrogens is 1. The highest BCUT2D eigenvalue weighted by atomic mass is 19.1. The van der Waals surface area contributed by atoms with E-state index in [4.69, 9.17) is 0 Å². The standard InChI is InChI=1S/C25H26FN3O2/c1-17-16-23(18(2)29(17)22-10-8-20(26)9-11-22)25(31)28-14-12-19(13-15-28)24(30)27-21-6-4-3-5-7-21/h3-11,16,19H,12-15H2,1-2H3,(H,27,30). The van der Waals surface area contributed by atoms with Gasteiger partial charge in [-0.15, -0.1) is 0 Å². The van der Waals surface area contributed by atoms with E-state index in [1.165, 1.54) is 12.1 Å². The molecule has 0 aliphatic carbocycles. The summed E-state index contributed by atoms with van der Waals surface area (Å²) < 4.78 is 15.3. The average molecular weight is 420 g/mol. The number of amides is 2. The van der Waals surface area contributed by atoms with E-state index in [0.717, 1.165) is 22.8 Å². The molecule has 0 saturated carbocycles. The Morgan fingerprint density at radius 3 is 2.26 bits per heavy atom. The zero-order valence-electron chi connectivity index (χ0n) is 17.8. The van der Waals surface area contributed by atoms with Gasteiger partial charge in [0, 0.05) is 41.8 Å². The van der Waals surface area contributed by atoms with Crippen LogP contribution in [0.5, 0.6) is 0 Å². The first-order valence-corrected chi connectivity index (χ1v) is 10.5. The highest BCUT2D eigenvalue weighted by Gasteiger charge is 2.29. The zero-order valence-corrected chi connectivity index (χ0v) is 17.8. The Kier molecular flexibility index (Phi) is 5.89. The summed E-state index contributed by atoms with van der Waals surface area (Å²) in [4.78, 5) is 27.6. The summed E-state index contributed by atoms with van der Waals surface area (Å²) in [6.07, 6.45) is 1.28. The van der Waals surface area contributed by atoms with Crippen LogP contribution in [0.2, 0.25) is 0 Å². The van der Waals surface area contributed by atoms with Gasteiger partial charge in [-0.1, -0.05) is 18.2 Å². The minimum absolute atomic E-state index is 0.00721. The highest BCUT2D eigenvalue weighted by Crippen LogP contribution is 2.25. The molecule has 3 aromatic rings. The van der Waals surface area contributed by atoms with E-state index in [9.17, 15) is 14.0 Å². The molecule has 0 unspecified atom stereocenters. The van der Waals surface area contributed by atoms with Crippen LogP contribution < -0.4 is 5.32 Å². The predicted octanol–water partition coefficient (Wildman–Crippen LogP) is 4.72. The van der Waals surface area contributed by atoms with Gasteiger partial charge < -0.3 is 14.8 Å². The van der Waals surface area contributed by atoms with Crippen molar-refractivity contribution in [3.05, 3.63) is 83.4 Å². The second kappa shape index (κ2) is 8.76. The third kappa shape index (κ3) is 4.38. The smallest absolute Gasteiger partial charge is 0.255 e. The normalized spacial score (nSPS) is 14.5. The number of nitrogens with zero attached hydrogens (tertiary/aromatic N) is 2. The Balaban J connectivity index is 1.43. The number of benzene rings is 2. The summed E-state index contributed by atoms with van der Waals surface area (Å²) >= 11 is 0. The lowest BCUT2D eigenvalue weighted by atomic mass is 9.95. The van der Waals surface area contributed by atoms with E-state index >= 15 is 0 Å². The fraction of sp³-hybridized carbons (Fsp3) is 0.280. The number of carbonyl (C=O) groups excluding carboxylic acids is 2. The van der Waals surface area contributed by atoms with Crippen molar-refractivity contribution in [1.29, 1.82) is 0 Å². The van der Waals surface area contributed by atoms with Crippen molar-refractivity contribution in [3.8, 4) is 5.69 Å². The lowest BCUT2D eigenvalue weighted by Gasteiger charge is -2.31. The van der Waals surface area contributed by atoms with Crippen LogP contribution in [0.15, 0.2) is 60.7 Å². The minimum atomic E-state index is -0.290. The largest absolute Gasteiger partial charge is 0.339 e. The Morgan fingerprint density at radius 2 is 1.61 bits per heavy atom. The summed E-state index contributed by atoms with van der Waals surface area (Å²) in [5, 5.41) is 2.96. The first kappa shape index (κ1) is 20.8. The van der Waals surface area contributed by atoms with Crippen LogP contribution in [0, 0.1) is 25.6 Å². The van der Waals surface area contributed by atoms with Gasteiger partial charge in [-0.05, 0) is 69.2 Å². The number of rotatable bonds is 4. The van der Waals surface area contributed by atoms with Crippen LogP contribution in [0.1, 0.15) is 34.6 Å². The number of hydrogen-bond acceptors (Lipinski definition) is 2. The molecule has 1 aliphatic heterocycles. The number of halogens is 1. The monoisotopic (exact) mass is 419 g/mol. The first-order chi connectivity index (χ1) is 14.9. The molecule has 1 aromatic heterocycles. The van der Waals surface area contributed by atoms with E-state index in [0.29, 0.717) is 31.5 Å². The van der Waals surface area contributed by atoms with Crippen LogP contribution in [0.3, 0.4) is 0 Å². The first-order valence-electron chi connectivity index (χ1n) is 10.5. The fourth-order valence-corrected chi connectivity index (χ4v) is 4.25. The SMILES string of the molecule is Cc1cc(C(=O)N2CCC(C(=O)Nc3ccccc3)CC2)c(C)n1-c1ccc(F)cc1. The molecule has 2 aromatic carbocycles. The van der Waals surface area contributed by atoms with E-state index in [2.05, 4.69) is 5.32 Å². The van der Waals surface area contributed by atoms with Crippen molar-refractivity contribution in [2.45, 2.75) is 26.7 Å². The molecule has 0 radical (unpaired) electrons. The molecule has 1 saturated heterocycles. The van der Waals surface area contributed by atoms with Gasteiger partial charge in [0.25, 0.3) is 5.91 Å². The highest BCUT2D eigenvalue weighted by molar-refractivity contribution is 5.96. The number of likely N-dealkylation sites (tertiary alicyclic amines) is 1. The fourth-order valence-electron chi connectivity index (χ4n) is 4.25. The maximum Gasteiger partial charge on any atom is 0.255 e. The summed E-state index contributed by atoms with van der Waals surface area (Å²) in [6.45, 7) is 4.94.